The maximum absolute atomic E-state index is 12.7. The van der Waals surface area contributed by atoms with Gasteiger partial charge < -0.3 is 44.7 Å². The molecule has 0 aliphatic heterocycles. The molecule has 1 heterocycles. The number of amides is 2. The number of pyridine rings is 1. The summed E-state index contributed by atoms with van der Waals surface area (Å²) in [5, 5.41) is 20.2. The van der Waals surface area contributed by atoms with Crippen LogP contribution in [0.25, 0.3) is 21.9 Å². The van der Waals surface area contributed by atoms with Crippen molar-refractivity contribution >= 4 is 34.4 Å². The summed E-state index contributed by atoms with van der Waals surface area (Å²) in [5.74, 6) is -0.291. The number of carbonyl (C=O) groups is 3. The number of carbonyl (C=O) groups excluding carboxylic acids is 2. The van der Waals surface area contributed by atoms with E-state index in [9.17, 15) is 19.5 Å². The van der Waals surface area contributed by atoms with Gasteiger partial charge >= 0.3 is 5.97 Å². The van der Waals surface area contributed by atoms with E-state index in [0.29, 0.717) is 71.4 Å². The van der Waals surface area contributed by atoms with Crippen LogP contribution in [0.3, 0.4) is 0 Å². The Balaban J connectivity index is 1.15. The van der Waals surface area contributed by atoms with Crippen molar-refractivity contribution in [1.29, 1.82) is 0 Å². The number of carboxylic acid groups (broad SMARTS) is 1. The summed E-state index contributed by atoms with van der Waals surface area (Å²) < 4.78 is 28.0. The third kappa shape index (κ3) is 16.7. The van der Waals surface area contributed by atoms with Gasteiger partial charge in [0, 0.05) is 25.8 Å². The fraction of sp³-hybridized carbons (Fsp3) is 0.442. The Hall–Kier alpha value is -5.08. The van der Waals surface area contributed by atoms with E-state index < -0.39 is 17.9 Å². The maximum atomic E-state index is 12.7. The summed E-state index contributed by atoms with van der Waals surface area (Å²) in [6.07, 6.45) is 4.41. The Morgan fingerprint density at radius 3 is 2.04 bits per heavy atom. The Labute approximate surface area is 329 Å². The van der Waals surface area contributed by atoms with E-state index in [0.717, 1.165) is 58.5 Å². The first kappa shape index (κ1) is 43.6. The van der Waals surface area contributed by atoms with Crippen LogP contribution >= 0.6 is 0 Å². The van der Waals surface area contributed by atoms with Crippen LogP contribution in [0.5, 0.6) is 5.75 Å². The molecule has 0 aliphatic rings. The van der Waals surface area contributed by atoms with Crippen LogP contribution in [-0.2, 0) is 33.3 Å². The molecular weight excluding hydrogens is 716 g/mol. The molecule has 0 unspecified atom stereocenters. The van der Waals surface area contributed by atoms with E-state index in [1.807, 2.05) is 73.7 Å². The first-order valence-corrected chi connectivity index (χ1v) is 19.3. The minimum absolute atomic E-state index is 0.232. The lowest BCUT2D eigenvalue weighted by Crippen LogP contribution is -2.39. The van der Waals surface area contributed by atoms with Gasteiger partial charge in [-0.25, -0.2) is 4.98 Å². The van der Waals surface area contributed by atoms with Crippen LogP contribution in [0.4, 0.5) is 5.82 Å². The zero-order valence-electron chi connectivity index (χ0n) is 32.6. The molecule has 4 N–H and O–H groups in total. The average Bonchev–Trinajstić information content (AvgIpc) is 3.19. The molecule has 0 radical (unpaired) electrons. The van der Waals surface area contributed by atoms with Gasteiger partial charge in [0.2, 0.25) is 11.8 Å². The summed E-state index contributed by atoms with van der Waals surface area (Å²) in [6.45, 7) is 9.28. The number of aromatic nitrogens is 1. The molecule has 4 rings (SSSR count). The van der Waals surface area contributed by atoms with Gasteiger partial charge in [-0.15, -0.1) is 0 Å². The zero-order valence-corrected chi connectivity index (χ0v) is 32.6. The Bertz CT molecular complexity index is 1790. The van der Waals surface area contributed by atoms with Gasteiger partial charge in [-0.3, -0.25) is 14.4 Å². The number of aliphatic carboxylic acids is 1. The highest BCUT2D eigenvalue weighted by atomic mass is 16.6. The van der Waals surface area contributed by atoms with E-state index >= 15 is 0 Å². The fourth-order valence-corrected chi connectivity index (χ4v) is 5.67. The first-order chi connectivity index (χ1) is 27.3. The van der Waals surface area contributed by atoms with Crippen molar-refractivity contribution in [2.75, 3.05) is 77.9 Å². The van der Waals surface area contributed by atoms with Crippen LogP contribution in [0.2, 0.25) is 0 Å². The molecule has 56 heavy (non-hydrogen) atoms. The lowest BCUT2D eigenvalue weighted by Gasteiger charge is -2.18. The minimum Gasteiger partial charge on any atom is -0.491 e. The lowest BCUT2D eigenvalue weighted by atomic mass is 9.97. The van der Waals surface area contributed by atoms with Crippen LogP contribution in [0.15, 0.2) is 79.0 Å². The number of anilines is 1. The lowest BCUT2D eigenvalue weighted by molar-refractivity contribution is -0.138. The molecule has 1 aromatic heterocycles. The number of nitrogens with zero attached hydrogens (tertiary/aromatic N) is 1. The summed E-state index contributed by atoms with van der Waals surface area (Å²) in [4.78, 5) is 40.9. The van der Waals surface area contributed by atoms with Gasteiger partial charge in [-0.05, 0) is 83.1 Å². The van der Waals surface area contributed by atoms with E-state index in [2.05, 4.69) is 33.9 Å². The number of fused-ring (bicyclic) bond motifs is 1. The molecule has 0 aliphatic carbocycles. The molecule has 3 aromatic carbocycles. The molecule has 0 saturated carbocycles. The Morgan fingerprint density at radius 1 is 0.714 bits per heavy atom. The van der Waals surface area contributed by atoms with Gasteiger partial charge in [0.25, 0.3) is 0 Å². The van der Waals surface area contributed by atoms with Crippen molar-refractivity contribution in [1.82, 2.24) is 15.6 Å². The highest BCUT2D eigenvalue weighted by Crippen LogP contribution is 2.28. The number of hydrogen-bond acceptors (Lipinski definition) is 10. The molecule has 13 heteroatoms. The number of unbranched alkanes of at least 4 members (excludes halogenated alkanes) is 1. The summed E-state index contributed by atoms with van der Waals surface area (Å²) >= 11 is 0. The second-order valence-corrected chi connectivity index (χ2v) is 13.2. The normalized spacial score (nSPS) is 11.6. The standard InChI is InChI=1S/C43H56N4O9/c1-3-4-18-52-19-20-53-21-22-54-23-24-55-25-26-56-38-14-13-36-28-35(11-12-37(36)29-38)33-7-9-34(10-8-33)39(30-43(50)51)47-42(49)31-46-41(48)6-5-16-44-40-27-32(2)15-17-45-40/h7-15,17,27-29,39H,3-6,16,18-26,30-31H2,1-2H3,(H,44,45)(H,46,48)(H,47,49)(H,50,51)/t39-/m0/s1. The van der Waals surface area contributed by atoms with Crippen molar-refractivity contribution in [3.63, 3.8) is 0 Å². The SMILES string of the molecule is CCCCOCCOCCOCCOCCOc1ccc2cc(-c3ccc([C@H](CC(=O)O)NC(=O)CNC(=O)CCCNc4cc(C)ccn4)cc3)ccc2c1. The summed E-state index contributed by atoms with van der Waals surface area (Å²) in [7, 11) is 0. The number of benzene rings is 3. The summed E-state index contributed by atoms with van der Waals surface area (Å²) in [5.41, 5.74) is 3.67. The minimum atomic E-state index is -1.05. The van der Waals surface area contributed by atoms with Crippen molar-refractivity contribution in [2.24, 2.45) is 0 Å². The molecule has 0 spiro atoms. The van der Waals surface area contributed by atoms with Gasteiger partial charge in [0.05, 0.1) is 65.3 Å². The van der Waals surface area contributed by atoms with Crippen molar-refractivity contribution in [2.45, 2.75) is 52.0 Å². The number of aryl methyl sites for hydroxylation is 1. The number of hydrogen-bond donors (Lipinski definition) is 4. The predicted octanol–water partition coefficient (Wildman–Crippen LogP) is 6.10. The molecule has 1 atom stereocenters. The van der Waals surface area contributed by atoms with Gasteiger partial charge in [0.1, 0.15) is 18.2 Å². The Kier molecular flexibility index (Phi) is 19.6. The van der Waals surface area contributed by atoms with Crippen LogP contribution in [0, 0.1) is 6.92 Å². The van der Waals surface area contributed by atoms with Crippen LogP contribution in [0.1, 0.15) is 56.2 Å². The van der Waals surface area contributed by atoms with E-state index in [-0.39, 0.29) is 25.3 Å². The Morgan fingerprint density at radius 2 is 1.36 bits per heavy atom. The molecule has 302 valence electrons. The smallest absolute Gasteiger partial charge is 0.305 e. The monoisotopic (exact) mass is 772 g/mol. The van der Waals surface area contributed by atoms with E-state index in [4.69, 9.17) is 23.7 Å². The molecule has 0 saturated heterocycles. The fourth-order valence-electron chi connectivity index (χ4n) is 5.67. The van der Waals surface area contributed by atoms with Gasteiger partial charge in [0.15, 0.2) is 0 Å². The number of carboxylic acids is 1. The highest BCUT2D eigenvalue weighted by molar-refractivity contribution is 5.88. The quantitative estimate of drug-likeness (QED) is 0.0493. The molecule has 2 amide bonds. The van der Waals surface area contributed by atoms with Gasteiger partial charge in [-0.2, -0.15) is 0 Å². The third-order valence-electron chi connectivity index (χ3n) is 8.67. The topological polar surface area (TPSA) is 167 Å². The molecule has 0 fully saturated rings. The second-order valence-electron chi connectivity index (χ2n) is 13.2. The summed E-state index contributed by atoms with van der Waals surface area (Å²) in [6, 6.07) is 22.6. The molecular formula is C43H56N4O9. The third-order valence-corrected chi connectivity index (χ3v) is 8.67. The van der Waals surface area contributed by atoms with Gasteiger partial charge in [-0.1, -0.05) is 55.8 Å². The molecule has 4 aromatic rings. The van der Waals surface area contributed by atoms with Crippen LogP contribution < -0.4 is 20.7 Å². The van der Waals surface area contributed by atoms with Crippen LogP contribution in [-0.4, -0.2) is 100 Å². The maximum Gasteiger partial charge on any atom is 0.305 e. The van der Waals surface area contributed by atoms with Crippen molar-refractivity contribution in [3.05, 3.63) is 90.1 Å². The second kappa shape index (κ2) is 25.2. The molecule has 0 bridgehead atoms. The van der Waals surface area contributed by atoms with E-state index in [1.54, 1.807) is 6.20 Å². The van der Waals surface area contributed by atoms with Crippen molar-refractivity contribution in [3.8, 4) is 16.9 Å². The van der Waals surface area contributed by atoms with Crippen molar-refractivity contribution < 1.29 is 43.2 Å². The largest absolute Gasteiger partial charge is 0.491 e. The number of ether oxygens (including phenoxy) is 5. The highest BCUT2D eigenvalue weighted by Gasteiger charge is 2.19. The zero-order chi connectivity index (χ0) is 39.8. The predicted molar refractivity (Wildman–Crippen MR) is 216 cm³/mol. The number of nitrogens with one attached hydrogen (secondary N) is 3. The first-order valence-electron chi connectivity index (χ1n) is 19.3. The molecule has 13 nitrogen and oxygen atoms in total. The average molecular weight is 773 g/mol. The number of rotatable bonds is 28. The van der Waals surface area contributed by atoms with E-state index in [1.165, 1.54) is 0 Å².